The fraction of sp³-hybridized carbons (Fsp3) is 0.792. The Labute approximate surface area is 191 Å². The van der Waals surface area contributed by atoms with Gasteiger partial charge in [-0.1, -0.05) is 51.9 Å². The first-order chi connectivity index (χ1) is 15.0. The summed E-state index contributed by atoms with van der Waals surface area (Å²) in [7, 11) is 0. The second-order valence-corrected chi connectivity index (χ2v) is 9.85. The molecule has 6 nitrogen and oxygen atoms in total. The minimum Gasteiger partial charge on any atom is -0.275 e. The topological polar surface area (TPSA) is 75.7 Å². The van der Waals surface area contributed by atoms with Gasteiger partial charge in [0.05, 0.1) is 0 Å². The average molecular weight is 453 g/mol. The molecule has 1 aliphatic heterocycles. The third-order valence-electron chi connectivity index (χ3n) is 6.41. The van der Waals surface area contributed by atoms with E-state index in [1.807, 2.05) is 6.26 Å². The molecule has 0 spiro atoms. The van der Waals surface area contributed by atoms with Crippen molar-refractivity contribution in [3.05, 3.63) is 12.2 Å². The van der Waals surface area contributed by atoms with E-state index >= 15 is 0 Å². The zero-order valence-electron chi connectivity index (χ0n) is 19.3. The maximum absolute atomic E-state index is 12.5. The number of imide groups is 1. The molecule has 0 aromatic carbocycles. The highest BCUT2D eigenvalue weighted by Crippen LogP contribution is 2.30. The van der Waals surface area contributed by atoms with Gasteiger partial charge in [-0.25, -0.2) is 5.48 Å². The van der Waals surface area contributed by atoms with Crippen LogP contribution in [0.4, 0.5) is 0 Å². The number of carbonyl (C=O) groups is 3. The van der Waals surface area contributed by atoms with E-state index < -0.39 is 0 Å². The summed E-state index contributed by atoms with van der Waals surface area (Å²) in [5.41, 5.74) is 2.69. The van der Waals surface area contributed by atoms with E-state index in [4.69, 9.17) is 4.84 Å². The van der Waals surface area contributed by atoms with E-state index in [2.05, 4.69) is 12.4 Å². The number of hydrogen-bond donors (Lipinski definition) is 1. The molecule has 1 aliphatic carbocycles. The number of nitrogens with one attached hydrogen (secondary N) is 1. The Morgan fingerprint density at radius 1 is 1.03 bits per heavy atom. The zero-order valence-corrected chi connectivity index (χ0v) is 20.1. The maximum Gasteiger partial charge on any atom is 0.253 e. The normalized spacial score (nSPS) is 22.2. The summed E-state index contributed by atoms with van der Waals surface area (Å²) in [6.45, 7) is 2.70. The molecule has 1 atom stereocenters. The molecule has 1 saturated carbocycles. The highest BCUT2D eigenvalue weighted by atomic mass is 32.2. The summed E-state index contributed by atoms with van der Waals surface area (Å²) in [4.78, 5) is 42.9. The summed E-state index contributed by atoms with van der Waals surface area (Å²) < 4.78 is 0. The lowest BCUT2D eigenvalue weighted by atomic mass is 9.81. The van der Waals surface area contributed by atoms with Crippen LogP contribution in [-0.2, 0) is 19.2 Å². The van der Waals surface area contributed by atoms with Gasteiger partial charge in [0.25, 0.3) is 11.8 Å². The lowest BCUT2D eigenvalue weighted by Crippen LogP contribution is -2.39. The number of carbonyl (C=O) groups excluding carboxylic acids is 3. The molecule has 0 radical (unpaired) electrons. The molecule has 0 aromatic heterocycles. The summed E-state index contributed by atoms with van der Waals surface area (Å²) >= 11 is 1.64. The fourth-order valence-corrected chi connectivity index (χ4v) is 4.90. The Balaban J connectivity index is 1.56. The van der Waals surface area contributed by atoms with Crippen LogP contribution in [-0.4, -0.2) is 40.9 Å². The summed E-state index contributed by atoms with van der Waals surface area (Å²) in [5.74, 6) is -0.261. The third-order valence-corrected chi connectivity index (χ3v) is 7.26. The van der Waals surface area contributed by atoms with E-state index in [0.29, 0.717) is 6.54 Å². The molecule has 0 aromatic rings. The average Bonchev–Trinajstić information content (AvgIpc) is 3.10. The Bertz CT molecular complexity index is 584. The first-order valence-corrected chi connectivity index (χ1v) is 13.4. The van der Waals surface area contributed by atoms with Crippen LogP contribution in [0.15, 0.2) is 12.2 Å². The Morgan fingerprint density at radius 3 is 2.19 bits per heavy atom. The smallest absolute Gasteiger partial charge is 0.253 e. The maximum atomic E-state index is 12.5. The monoisotopic (exact) mass is 452 g/mol. The number of hydroxylamine groups is 1. The van der Waals surface area contributed by atoms with Crippen molar-refractivity contribution >= 4 is 29.5 Å². The molecule has 176 valence electrons. The molecule has 3 amide bonds. The molecule has 1 heterocycles. The van der Waals surface area contributed by atoms with E-state index in [1.54, 1.807) is 11.8 Å². The molecule has 0 saturated heterocycles. The molecule has 2 aliphatic rings. The Kier molecular flexibility index (Phi) is 12.3. The Hall–Kier alpha value is -1.34. The molecular weight excluding hydrogens is 412 g/mol. The first-order valence-electron chi connectivity index (χ1n) is 12.1. The van der Waals surface area contributed by atoms with Gasteiger partial charge in [0.2, 0.25) is 5.91 Å². The predicted molar refractivity (Wildman–Crippen MR) is 125 cm³/mol. The Morgan fingerprint density at radius 2 is 1.61 bits per heavy atom. The van der Waals surface area contributed by atoms with Gasteiger partial charge in [-0.2, -0.15) is 0 Å². The lowest BCUT2D eigenvalue weighted by Gasteiger charge is -2.30. The van der Waals surface area contributed by atoms with Crippen molar-refractivity contribution < 1.29 is 19.2 Å². The second kappa shape index (κ2) is 14.7. The molecule has 1 N–H and O–H groups in total. The van der Waals surface area contributed by atoms with Crippen LogP contribution in [0.2, 0.25) is 0 Å². The third kappa shape index (κ3) is 9.36. The second-order valence-electron chi connectivity index (χ2n) is 8.85. The standard InChI is InChI=1S/C24H40N2O4S/c1-3-4-5-6-7-8-9-10-11-23(31-2)30-25-24(29)20-14-12-19(13-15-20)18-26-21(27)16-17-22(26)28/h16-17,19-20,23H,3-15,18H2,1-2H3,(H,25,29). The summed E-state index contributed by atoms with van der Waals surface area (Å²) in [6, 6.07) is 0. The number of nitrogens with zero attached hydrogens (tertiary/aromatic N) is 1. The van der Waals surface area contributed by atoms with Crippen LogP contribution in [0.25, 0.3) is 0 Å². The van der Waals surface area contributed by atoms with Crippen LogP contribution in [0.1, 0.15) is 90.4 Å². The van der Waals surface area contributed by atoms with Crippen molar-refractivity contribution in [2.45, 2.75) is 95.8 Å². The van der Waals surface area contributed by atoms with E-state index in [0.717, 1.165) is 38.5 Å². The van der Waals surface area contributed by atoms with Crippen molar-refractivity contribution in [2.75, 3.05) is 12.8 Å². The SMILES string of the molecule is CCCCCCCCCCC(ONC(=O)C1CCC(CN2C(=O)C=CC2=O)CC1)SC. The summed E-state index contributed by atoms with van der Waals surface area (Å²) in [5, 5.41) is 0. The number of amides is 3. The largest absolute Gasteiger partial charge is 0.275 e. The van der Waals surface area contributed by atoms with Crippen molar-refractivity contribution in [1.29, 1.82) is 0 Å². The van der Waals surface area contributed by atoms with Crippen LogP contribution >= 0.6 is 11.8 Å². The van der Waals surface area contributed by atoms with Gasteiger partial charge in [-0.15, -0.1) is 11.8 Å². The van der Waals surface area contributed by atoms with Crippen LogP contribution in [0.5, 0.6) is 0 Å². The minimum atomic E-state index is -0.224. The molecule has 7 heteroatoms. The number of hydrogen-bond acceptors (Lipinski definition) is 5. The first kappa shape index (κ1) is 25.9. The molecule has 1 fully saturated rings. The van der Waals surface area contributed by atoms with Crippen molar-refractivity contribution in [3.8, 4) is 0 Å². The van der Waals surface area contributed by atoms with Crippen molar-refractivity contribution in [2.24, 2.45) is 11.8 Å². The predicted octanol–water partition coefficient (Wildman–Crippen LogP) is 4.99. The van der Waals surface area contributed by atoms with Gasteiger partial charge in [0.15, 0.2) is 0 Å². The van der Waals surface area contributed by atoms with E-state index in [1.165, 1.54) is 62.0 Å². The van der Waals surface area contributed by atoms with Crippen LogP contribution in [0, 0.1) is 11.8 Å². The quantitative estimate of drug-likeness (QED) is 0.164. The number of unbranched alkanes of at least 4 members (excludes halogenated alkanes) is 7. The molecule has 31 heavy (non-hydrogen) atoms. The van der Waals surface area contributed by atoms with Gasteiger partial charge in [0.1, 0.15) is 5.44 Å². The molecule has 1 unspecified atom stereocenters. The van der Waals surface area contributed by atoms with Gasteiger partial charge in [-0.3, -0.25) is 24.1 Å². The van der Waals surface area contributed by atoms with Crippen molar-refractivity contribution in [3.63, 3.8) is 0 Å². The van der Waals surface area contributed by atoms with Gasteiger partial charge in [0, 0.05) is 24.6 Å². The van der Waals surface area contributed by atoms with Gasteiger partial charge < -0.3 is 0 Å². The van der Waals surface area contributed by atoms with Crippen LogP contribution < -0.4 is 5.48 Å². The minimum absolute atomic E-state index is 0.0000665. The number of rotatable bonds is 15. The highest BCUT2D eigenvalue weighted by Gasteiger charge is 2.31. The molecule has 0 bridgehead atoms. The van der Waals surface area contributed by atoms with Gasteiger partial charge in [-0.05, 0) is 50.7 Å². The zero-order chi connectivity index (χ0) is 22.5. The van der Waals surface area contributed by atoms with E-state index in [-0.39, 0.29) is 35.0 Å². The van der Waals surface area contributed by atoms with Crippen molar-refractivity contribution in [1.82, 2.24) is 10.4 Å². The highest BCUT2D eigenvalue weighted by molar-refractivity contribution is 7.99. The van der Waals surface area contributed by atoms with E-state index in [9.17, 15) is 14.4 Å². The molecular formula is C24H40N2O4S. The lowest BCUT2D eigenvalue weighted by molar-refractivity contribution is -0.142. The molecule has 2 rings (SSSR count). The van der Waals surface area contributed by atoms with Gasteiger partial charge >= 0.3 is 0 Å². The summed E-state index contributed by atoms with van der Waals surface area (Å²) in [6.07, 6.45) is 19.1. The van der Waals surface area contributed by atoms with Crippen LogP contribution in [0.3, 0.4) is 0 Å². The fourth-order valence-electron chi connectivity index (χ4n) is 4.35. The number of thioether (sulfide) groups is 1.